The van der Waals surface area contributed by atoms with Crippen LogP contribution in [-0.4, -0.2) is 23.1 Å². The number of halogens is 1. The highest BCUT2D eigenvalue weighted by Crippen LogP contribution is 2.37. The normalized spacial score (nSPS) is 13.4. The molecule has 1 fully saturated rings. The predicted octanol–water partition coefficient (Wildman–Crippen LogP) is 11.2. The first kappa shape index (κ1) is 39.1. The highest BCUT2D eigenvalue weighted by Gasteiger charge is 2.23. The Labute approximate surface area is 307 Å². The van der Waals surface area contributed by atoms with Gasteiger partial charge in [0.15, 0.2) is 6.10 Å². The molecule has 4 N–H and O–H groups in total. The maximum atomic E-state index is 13.6. The third kappa shape index (κ3) is 12.5. The van der Waals surface area contributed by atoms with E-state index in [2.05, 4.69) is 28.9 Å². The van der Waals surface area contributed by atoms with E-state index in [0.29, 0.717) is 34.5 Å². The Hall–Kier alpha value is -4.73. The third-order valence-electron chi connectivity index (χ3n) is 9.45. The number of carbonyl (C=O) groups is 2. The molecule has 10 heteroatoms. The molecule has 0 spiro atoms. The first-order valence-corrected chi connectivity index (χ1v) is 18.8. The molecule has 0 aromatic heterocycles. The average Bonchev–Trinajstić information content (AvgIpc) is 3.13. The summed E-state index contributed by atoms with van der Waals surface area (Å²) < 4.78 is 6.29. The van der Waals surface area contributed by atoms with Crippen molar-refractivity contribution < 1.29 is 19.4 Å². The number of benzene rings is 3. The van der Waals surface area contributed by atoms with Gasteiger partial charge in [-0.15, -0.1) is 0 Å². The van der Waals surface area contributed by atoms with Crippen LogP contribution >= 0.6 is 11.6 Å². The van der Waals surface area contributed by atoms with E-state index in [1.54, 1.807) is 6.07 Å². The molecule has 0 bridgehead atoms. The number of urea groups is 1. The molecule has 1 aliphatic carbocycles. The van der Waals surface area contributed by atoms with Crippen LogP contribution < -0.4 is 20.7 Å². The number of phenolic OH excluding ortho intramolecular Hbond substituents is 1. The highest BCUT2D eigenvalue weighted by atomic mass is 35.5. The first-order valence-electron chi connectivity index (χ1n) is 18.4. The van der Waals surface area contributed by atoms with Gasteiger partial charge in [-0.25, -0.2) is 4.79 Å². The Kier molecular flexibility index (Phi) is 16.0. The van der Waals surface area contributed by atoms with Crippen molar-refractivity contribution in [1.29, 1.82) is 10.5 Å². The van der Waals surface area contributed by atoms with Gasteiger partial charge in [0.05, 0.1) is 21.8 Å². The van der Waals surface area contributed by atoms with Gasteiger partial charge in [0.1, 0.15) is 23.6 Å². The van der Waals surface area contributed by atoms with Gasteiger partial charge in [-0.1, -0.05) is 102 Å². The molecule has 9 nitrogen and oxygen atoms in total. The molecule has 1 atom stereocenters. The number of ether oxygens (including phenoxy) is 1. The molecular formula is C41H50ClN5O4. The summed E-state index contributed by atoms with van der Waals surface area (Å²) in [6, 6.07) is 17.9. The van der Waals surface area contributed by atoms with Gasteiger partial charge in [0.2, 0.25) is 0 Å². The van der Waals surface area contributed by atoms with Crippen LogP contribution in [-0.2, 0) is 4.79 Å². The van der Waals surface area contributed by atoms with Crippen molar-refractivity contribution in [2.75, 3.05) is 16.0 Å². The second-order valence-electron chi connectivity index (χ2n) is 13.4. The van der Waals surface area contributed by atoms with Crippen LogP contribution in [0.25, 0.3) is 0 Å². The van der Waals surface area contributed by atoms with Gasteiger partial charge in [-0.2, -0.15) is 10.5 Å². The average molecular weight is 712 g/mol. The third-order valence-corrected chi connectivity index (χ3v) is 9.74. The van der Waals surface area contributed by atoms with E-state index in [1.165, 1.54) is 100 Å². The Bertz CT molecular complexity index is 1690. The molecule has 1 unspecified atom stereocenters. The zero-order chi connectivity index (χ0) is 36.4. The number of carbonyl (C=O) groups excluding carboxylic acids is 2. The number of rotatable bonds is 18. The predicted molar refractivity (Wildman–Crippen MR) is 203 cm³/mol. The fourth-order valence-corrected chi connectivity index (χ4v) is 6.78. The van der Waals surface area contributed by atoms with Crippen molar-refractivity contribution in [3.63, 3.8) is 0 Å². The molecule has 3 amide bonds. The van der Waals surface area contributed by atoms with Gasteiger partial charge >= 0.3 is 6.03 Å². The van der Waals surface area contributed by atoms with Crippen LogP contribution in [0.5, 0.6) is 11.5 Å². The summed E-state index contributed by atoms with van der Waals surface area (Å²) in [6.45, 7) is 2.23. The molecule has 270 valence electrons. The van der Waals surface area contributed by atoms with Crippen LogP contribution in [0.4, 0.5) is 21.9 Å². The summed E-state index contributed by atoms with van der Waals surface area (Å²) in [5.74, 6) is 0.361. The minimum atomic E-state index is -0.798. The molecule has 0 heterocycles. The molecule has 51 heavy (non-hydrogen) atoms. The number of anilines is 3. The number of phenols is 1. The van der Waals surface area contributed by atoms with Gasteiger partial charge in [-0.3, -0.25) is 4.79 Å². The fraction of sp³-hybridized carbons (Fsp3) is 0.463. The van der Waals surface area contributed by atoms with Gasteiger partial charge in [0.25, 0.3) is 5.91 Å². The van der Waals surface area contributed by atoms with E-state index < -0.39 is 12.1 Å². The molecule has 1 saturated carbocycles. The zero-order valence-electron chi connectivity index (χ0n) is 29.6. The van der Waals surface area contributed by atoms with Gasteiger partial charge < -0.3 is 25.8 Å². The molecule has 3 aromatic carbocycles. The molecule has 3 aromatic rings. The van der Waals surface area contributed by atoms with Crippen LogP contribution in [0.15, 0.2) is 54.6 Å². The Morgan fingerprint density at radius 3 is 2.10 bits per heavy atom. The number of nitriles is 2. The summed E-state index contributed by atoms with van der Waals surface area (Å²) in [5, 5.41) is 37.6. The second-order valence-corrected chi connectivity index (χ2v) is 13.8. The van der Waals surface area contributed by atoms with E-state index in [1.807, 2.05) is 24.3 Å². The quantitative estimate of drug-likeness (QED) is 0.0762. The van der Waals surface area contributed by atoms with Crippen LogP contribution in [0.3, 0.4) is 0 Å². The summed E-state index contributed by atoms with van der Waals surface area (Å²) in [6.07, 6.45) is 17.6. The number of nitrogens with zero attached hydrogens (tertiary/aromatic N) is 2. The van der Waals surface area contributed by atoms with Crippen molar-refractivity contribution in [3.8, 4) is 23.6 Å². The lowest BCUT2D eigenvalue weighted by Gasteiger charge is -2.23. The SMILES string of the molecule is CCCCCCCCCCCCC(Oc1ccc(C2CCCCC2)cc1Cl)C(=O)Nc1ccc(NC(=O)Nc2ccc(C#N)c(C#N)c2)c(O)c1. The van der Waals surface area contributed by atoms with E-state index >= 15 is 0 Å². The van der Waals surface area contributed by atoms with Crippen LogP contribution in [0.1, 0.15) is 132 Å². The molecule has 0 saturated heterocycles. The standard InChI is InChI=1S/C41H50ClN5O4/c1-2-3-4-5-6-7-8-9-10-14-17-39(51-38-23-19-30(25-35(38)42)29-15-12-11-13-16-29)40(49)45-34-21-22-36(37(48)26-34)47-41(50)46-33-20-18-31(27-43)32(24-33)28-44/h18-26,29,39,48H,2-17H2,1H3,(H,45,49)(H2,46,47,50). The zero-order valence-corrected chi connectivity index (χ0v) is 30.4. The van der Waals surface area contributed by atoms with Crippen molar-refractivity contribution in [2.45, 2.75) is 122 Å². The highest BCUT2D eigenvalue weighted by molar-refractivity contribution is 6.32. The fourth-order valence-electron chi connectivity index (χ4n) is 6.55. The molecule has 1 aliphatic rings. The lowest BCUT2D eigenvalue weighted by atomic mass is 9.84. The number of amides is 3. The number of nitrogens with one attached hydrogen (secondary N) is 3. The monoisotopic (exact) mass is 711 g/mol. The number of aromatic hydroxyl groups is 1. The Balaban J connectivity index is 1.37. The van der Waals surface area contributed by atoms with Crippen molar-refractivity contribution in [2.24, 2.45) is 0 Å². The van der Waals surface area contributed by atoms with Crippen LogP contribution in [0, 0.1) is 22.7 Å². The minimum Gasteiger partial charge on any atom is -0.506 e. The maximum Gasteiger partial charge on any atom is 0.323 e. The van der Waals surface area contributed by atoms with Gasteiger partial charge in [0, 0.05) is 17.4 Å². The summed E-state index contributed by atoms with van der Waals surface area (Å²) in [5.41, 5.74) is 2.30. The number of hydrogen-bond donors (Lipinski definition) is 4. The Morgan fingerprint density at radius 1 is 0.804 bits per heavy atom. The van der Waals surface area contributed by atoms with Crippen molar-refractivity contribution >= 4 is 40.6 Å². The number of unbranched alkanes of at least 4 members (excludes halogenated alkanes) is 9. The van der Waals surface area contributed by atoms with Crippen molar-refractivity contribution in [1.82, 2.24) is 0 Å². The van der Waals surface area contributed by atoms with E-state index in [-0.39, 0.29) is 28.5 Å². The van der Waals surface area contributed by atoms with E-state index in [4.69, 9.17) is 21.6 Å². The topological polar surface area (TPSA) is 147 Å². The van der Waals surface area contributed by atoms with E-state index in [9.17, 15) is 20.0 Å². The largest absolute Gasteiger partial charge is 0.506 e. The molecular weight excluding hydrogens is 662 g/mol. The smallest absolute Gasteiger partial charge is 0.323 e. The maximum absolute atomic E-state index is 13.6. The molecule has 0 aliphatic heterocycles. The minimum absolute atomic E-state index is 0.114. The summed E-state index contributed by atoms with van der Waals surface area (Å²) in [7, 11) is 0. The lowest BCUT2D eigenvalue weighted by molar-refractivity contribution is -0.123. The van der Waals surface area contributed by atoms with Crippen LogP contribution in [0.2, 0.25) is 5.02 Å². The Morgan fingerprint density at radius 2 is 1.45 bits per heavy atom. The molecule has 4 rings (SSSR count). The molecule has 0 radical (unpaired) electrons. The summed E-state index contributed by atoms with van der Waals surface area (Å²) >= 11 is 6.72. The second kappa shape index (κ2) is 20.8. The first-order chi connectivity index (χ1) is 24.8. The lowest BCUT2D eigenvalue weighted by Crippen LogP contribution is -2.33. The number of hydrogen-bond acceptors (Lipinski definition) is 6. The van der Waals surface area contributed by atoms with Crippen molar-refractivity contribution in [3.05, 3.63) is 76.3 Å². The van der Waals surface area contributed by atoms with E-state index in [0.717, 1.165) is 32.1 Å². The van der Waals surface area contributed by atoms with Gasteiger partial charge in [-0.05, 0) is 79.6 Å². The summed E-state index contributed by atoms with van der Waals surface area (Å²) in [4.78, 5) is 26.2.